The van der Waals surface area contributed by atoms with Gasteiger partial charge in [-0.1, -0.05) is 13.0 Å². The molecule has 1 aromatic rings. The molecule has 0 atom stereocenters. The fraction of sp³-hybridized carbons (Fsp3) is 0.538. The fourth-order valence-electron chi connectivity index (χ4n) is 2.39. The van der Waals surface area contributed by atoms with Gasteiger partial charge in [-0.15, -0.1) is 0 Å². The van der Waals surface area contributed by atoms with Gasteiger partial charge in [-0.3, -0.25) is 0 Å². The number of nitrogens with two attached hydrogens (primary N) is 1. The molecule has 1 aromatic carbocycles. The van der Waals surface area contributed by atoms with Crippen LogP contribution in [0, 0.1) is 0 Å². The van der Waals surface area contributed by atoms with Gasteiger partial charge >= 0.3 is 0 Å². The average Bonchev–Trinajstić information content (AvgIpc) is 2.86. The van der Waals surface area contributed by atoms with E-state index in [0.29, 0.717) is 0 Å². The summed E-state index contributed by atoms with van der Waals surface area (Å²) in [5.74, 6) is 1.15. The highest BCUT2D eigenvalue weighted by atomic mass is 16.5. The van der Waals surface area contributed by atoms with Crippen LogP contribution in [0.4, 0.5) is 0 Å². The van der Waals surface area contributed by atoms with Crippen molar-refractivity contribution in [1.82, 2.24) is 0 Å². The lowest BCUT2D eigenvalue weighted by atomic mass is 10.0. The molecule has 1 heterocycles. The maximum Gasteiger partial charge on any atom is 0.122 e. The van der Waals surface area contributed by atoms with E-state index in [9.17, 15) is 0 Å². The van der Waals surface area contributed by atoms with Crippen LogP contribution in [0.3, 0.4) is 0 Å². The van der Waals surface area contributed by atoms with E-state index in [4.69, 9.17) is 10.5 Å². The van der Waals surface area contributed by atoms with Crippen molar-refractivity contribution in [1.29, 1.82) is 0 Å². The summed E-state index contributed by atoms with van der Waals surface area (Å²) in [5, 5.41) is 0. The van der Waals surface area contributed by atoms with Crippen LogP contribution in [0.15, 0.2) is 12.1 Å². The zero-order chi connectivity index (χ0) is 10.7. The Morgan fingerprint density at radius 2 is 2.00 bits per heavy atom. The lowest BCUT2D eigenvalue weighted by Crippen LogP contribution is -1.89. The van der Waals surface area contributed by atoms with Gasteiger partial charge in [0.2, 0.25) is 0 Å². The third-order valence-corrected chi connectivity index (χ3v) is 2.97. The van der Waals surface area contributed by atoms with Crippen LogP contribution in [0.25, 0.3) is 0 Å². The van der Waals surface area contributed by atoms with Gasteiger partial charge in [0.25, 0.3) is 0 Å². The smallest absolute Gasteiger partial charge is 0.122 e. The Balaban J connectivity index is 0.000000258. The van der Waals surface area contributed by atoms with Crippen LogP contribution in [-0.2, 0) is 19.3 Å². The normalized spacial score (nSPS) is 16.1. The molecule has 0 radical (unpaired) electrons. The van der Waals surface area contributed by atoms with Crippen molar-refractivity contribution in [2.24, 2.45) is 5.73 Å². The minimum Gasteiger partial charge on any atom is -0.493 e. The van der Waals surface area contributed by atoms with Gasteiger partial charge in [0.1, 0.15) is 5.75 Å². The largest absolute Gasteiger partial charge is 0.493 e. The molecule has 3 rings (SSSR count). The molecule has 2 aliphatic rings. The number of rotatable bonds is 0. The molecule has 0 bridgehead atoms. The van der Waals surface area contributed by atoms with E-state index in [0.717, 1.165) is 25.3 Å². The van der Waals surface area contributed by atoms with Gasteiger partial charge in [0.15, 0.2) is 0 Å². The summed E-state index contributed by atoms with van der Waals surface area (Å²) >= 11 is 0. The van der Waals surface area contributed by atoms with Gasteiger partial charge in [-0.2, -0.15) is 0 Å². The molecule has 2 heteroatoms. The Labute approximate surface area is 91.4 Å². The second-order valence-electron chi connectivity index (χ2n) is 4.04. The molecule has 0 saturated carbocycles. The van der Waals surface area contributed by atoms with Crippen LogP contribution in [0.5, 0.6) is 5.75 Å². The SMILES string of the molecule is CCN.c1cc2c(c3c1CCC3)CCO2. The van der Waals surface area contributed by atoms with Crippen molar-refractivity contribution in [3.63, 3.8) is 0 Å². The Hall–Kier alpha value is -1.02. The van der Waals surface area contributed by atoms with Crippen molar-refractivity contribution in [3.05, 3.63) is 28.8 Å². The third kappa shape index (κ3) is 2.00. The standard InChI is InChI=1S/C11H12O.C2H7N/c1-2-8-4-5-11-10(6-7-12-11)9(8)3-1;1-2-3/h4-5H,1-3,6-7H2;2-3H2,1H3. The molecule has 2 N–H and O–H groups in total. The zero-order valence-electron chi connectivity index (χ0n) is 9.38. The summed E-state index contributed by atoms with van der Waals surface area (Å²) in [7, 11) is 0. The van der Waals surface area contributed by atoms with E-state index in [1.54, 1.807) is 11.1 Å². The Bertz CT molecular complexity index is 314. The predicted octanol–water partition coefficient (Wildman–Crippen LogP) is 2.08. The maximum atomic E-state index is 5.52. The number of hydrogen-bond donors (Lipinski definition) is 1. The Morgan fingerprint density at radius 3 is 2.80 bits per heavy atom. The molecule has 0 aromatic heterocycles. The topological polar surface area (TPSA) is 35.2 Å². The minimum atomic E-state index is 0.750. The van der Waals surface area contributed by atoms with Crippen molar-refractivity contribution < 1.29 is 4.74 Å². The van der Waals surface area contributed by atoms with Gasteiger partial charge in [0, 0.05) is 12.0 Å². The Morgan fingerprint density at radius 1 is 1.20 bits per heavy atom. The molecule has 15 heavy (non-hydrogen) atoms. The highest BCUT2D eigenvalue weighted by Gasteiger charge is 2.21. The first kappa shape index (κ1) is 10.5. The first-order valence-corrected chi connectivity index (χ1v) is 5.83. The zero-order valence-corrected chi connectivity index (χ0v) is 9.38. The molecule has 0 fully saturated rings. The molecular weight excluding hydrogens is 186 g/mol. The Kier molecular flexibility index (Phi) is 3.27. The van der Waals surface area contributed by atoms with Crippen LogP contribution < -0.4 is 10.5 Å². The molecule has 0 unspecified atom stereocenters. The summed E-state index contributed by atoms with van der Waals surface area (Å²) in [6.45, 7) is 3.55. The van der Waals surface area contributed by atoms with Gasteiger partial charge in [-0.05, 0) is 43.0 Å². The molecular formula is C13H19NO. The number of benzene rings is 1. The molecule has 2 nitrogen and oxygen atoms in total. The fourth-order valence-corrected chi connectivity index (χ4v) is 2.39. The monoisotopic (exact) mass is 205 g/mol. The second-order valence-corrected chi connectivity index (χ2v) is 4.04. The van der Waals surface area contributed by atoms with Crippen LogP contribution in [0.1, 0.15) is 30.0 Å². The number of fused-ring (bicyclic) bond motifs is 3. The van der Waals surface area contributed by atoms with Crippen molar-refractivity contribution in [2.75, 3.05) is 13.2 Å². The molecule has 1 aliphatic heterocycles. The lowest BCUT2D eigenvalue weighted by Gasteiger charge is -2.04. The minimum absolute atomic E-state index is 0.750. The second kappa shape index (κ2) is 4.67. The van der Waals surface area contributed by atoms with Crippen molar-refractivity contribution in [3.8, 4) is 5.75 Å². The van der Waals surface area contributed by atoms with E-state index in [2.05, 4.69) is 12.1 Å². The molecule has 1 aliphatic carbocycles. The lowest BCUT2D eigenvalue weighted by molar-refractivity contribution is 0.357. The molecule has 0 amide bonds. The number of aryl methyl sites for hydroxylation is 1. The van der Waals surface area contributed by atoms with Crippen molar-refractivity contribution in [2.45, 2.75) is 32.6 Å². The first-order chi connectivity index (χ1) is 7.36. The summed E-state index contributed by atoms with van der Waals surface area (Å²) in [5.41, 5.74) is 9.52. The van der Waals surface area contributed by atoms with E-state index in [-0.39, 0.29) is 0 Å². The average molecular weight is 205 g/mol. The molecule has 82 valence electrons. The van der Waals surface area contributed by atoms with Crippen molar-refractivity contribution >= 4 is 0 Å². The van der Waals surface area contributed by atoms with Gasteiger partial charge in [0.05, 0.1) is 6.61 Å². The van der Waals surface area contributed by atoms with E-state index in [1.165, 1.54) is 24.8 Å². The maximum absolute atomic E-state index is 5.52. The van der Waals surface area contributed by atoms with E-state index >= 15 is 0 Å². The third-order valence-electron chi connectivity index (χ3n) is 2.97. The summed E-state index contributed by atoms with van der Waals surface area (Å²) in [6.07, 6.45) is 5.04. The highest BCUT2D eigenvalue weighted by molar-refractivity contribution is 5.49. The molecule has 0 saturated heterocycles. The van der Waals surface area contributed by atoms with Crippen LogP contribution in [0.2, 0.25) is 0 Å². The van der Waals surface area contributed by atoms with Crippen LogP contribution in [-0.4, -0.2) is 13.2 Å². The molecule has 0 spiro atoms. The van der Waals surface area contributed by atoms with Crippen LogP contribution >= 0.6 is 0 Å². The summed E-state index contributed by atoms with van der Waals surface area (Å²) < 4.78 is 5.52. The van der Waals surface area contributed by atoms with Gasteiger partial charge < -0.3 is 10.5 Å². The van der Waals surface area contributed by atoms with Gasteiger partial charge in [-0.25, -0.2) is 0 Å². The summed E-state index contributed by atoms with van der Waals surface area (Å²) in [4.78, 5) is 0. The number of hydrogen-bond acceptors (Lipinski definition) is 2. The first-order valence-electron chi connectivity index (χ1n) is 5.83. The highest BCUT2D eigenvalue weighted by Crippen LogP contribution is 2.35. The quantitative estimate of drug-likeness (QED) is 0.703. The predicted molar refractivity (Wildman–Crippen MR) is 62.4 cm³/mol. The summed E-state index contributed by atoms with van der Waals surface area (Å²) in [6, 6.07) is 4.39. The van der Waals surface area contributed by atoms with E-state index < -0.39 is 0 Å². The van der Waals surface area contributed by atoms with E-state index in [1.807, 2.05) is 6.92 Å². The number of ether oxygens (including phenoxy) is 1.